The molecule has 0 bridgehead atoms. The van der Waals surface area contributed by atoms with E-state index in [1.165, 1.54) is 14.2 Å². The number of sulfonamides is 1. The predicted molar refractivity (Wildman–Crippen MR) is 224 cm³/mol. The fourth-order valence-corrected chi connectivity index (χ4v) is 6.39. The number of aromatic nitrogens is 3. The molecule has 0 saturated carbocycles. The minimum atomic E-state index is -3.66. The molecule has 0 aliphatic heterocycles. The lowest BCUT2D eigenvalue weighted by atomic mass is 9.86. The zero-order chi connectivity index (χ0) is 43.0. The number of carbonyl (C=O) groups excluding carboxylic acids is 1. The van der Waals surface area contributed by atoms with Crippen LogP contribution >= 0.6 is 0 Å². The predicted octanol–water partition coefficient (Wildman–Crippen LogP) is 7.78. The van der Waals surface area contributed by atoms with E-state index in [2.05, 4.69) is 35.8 Å². The first-order valence-corrected chi connectivity index (χ1v) is 20.1. The third-order valence-electron chi connectivity index (χ3n) is 8.56. The maximum absolute atomic E-state index is 13.5. The van der Waals surface area contributed by atoms with Crippen molar-refractivity contribution in [1.29, 1.82) is 0 Å². The van der Waals surface area contributed by atoms with Gasteiger partial charge in [0.1, 0.15) is 42.0 Å². The zero-order valence-corrected chi connectivity index (χ0v) is 34.3. The average Bonchev–Trinajstić information content (AvgIpc) is 3.67. The molecule has 0 atom stereocenters. The molecule has 0 aliphatic carbocycles. The summed E-state index contributed by atoms with van der Waals surface area (Å²) >= 11 is 0. The SMILES string of the molecule is COc1cc(Nc2cc(Oc3ccc(NC(=O)Nc4cc(C(C)(C)C)cc(NS(C)(=O)=O)c4OC)c4ccccc34)ccn2)cc(OCCOCc2nc(C(=O)O)no2)c1. The summed E-state index contributed by atoms with van der Waals surface area (Å²) in [6.45, 7) is 6.15. The lowest BCUT2D eigenvalue weighted by Crippen LogP contribution is -2.22. The van der Waals surface area contributed by atoms with Crippen molar-refractivity contribution in [3.63, 3.8) is 0 Å². The summed E-state index contributed by atoms with van der Waals surface area (Å²) in [5.41, 5.74) is 1.98. The van der Waals surface area contributed by atoms with Crippen LogP contribution < -0.4 is 39.6 Å². The Hall–Kier alpha value is -7.12. The summed E-state index contributed by atoms with van der Waals surface area (Å²) in [6, 6.07) is 22.4. The van der Waals surface area contributed by atoms with E-state index in [0.717, 1.165) is 11.8 Å². The topological polar surface area (TPSA) is 235 Å². The van der Waals surface area contributed by atoms with Gasteiger partial charge in [0.15, 0.2) is 5.75 Å². The number of anilines is 5. The Balaban J connectivity index is 1.13. The van der Waals surface area contributed by atoms with Gasteiger partial charge in [0, 0.05) is 46.9 Å². The normalized spacial score (nSPS) is 11.4. The van der Waals surface area contributed by atoms with E-state index in [0.29, 0.717) is 51.0 Å². The second-order valence-electron chi connectivity index (χ2n) is 14.2. The van der Waals surface area contributed by atoms with Crippen LogP contribution in [-0.4, -0.2) is 74.3 Å². The van der Waals surface area contributed by atoms with E-state index in [9.17, 15) is 18.0 Å². The Bertz CT molecular complexity index is 2630. The fourth-order valence-electron chi connectivity index (χ4n) is 5.84. The number of hydrogen-bond acceptors (Lipinski definition) is 14. The molecule has 6 rings (SSSR count). The zero-order valence-electron chi connectivity index (χ0n) is 33.5. The number of benzene rings is 4. The van der Waals surface area contributed by atoms with Crippen molar-refractivity contribution in [3.8, 4) is 28.7 Å². The highest BCUT2D eigenvalue weighted by Crippen LogP contribution is 2.40. The minimum Gasteiger partial charge on any atom is -0.497 e. The third-order valence-corrected chi connectivity index (χ3v) is 9.15. The van der Waals surface area contributed by atoms with Crippen LogP contribution in [0.4, 0.5) is 33.4 Å². The molecular formula is C41H43N7O11S. The van der Waals surface area contributed by atoms with Crippen LogP contribution in [-0.2, 0) is 26.8 Å². The molecule has 6 aromatic rings. The van der Waals surface area contributed by atoms with Crippen LogP contribution in [0.15, 0.2) is 89.6 Å². The number of aromatic carboxylic acids is 1. The van der Waals surface area contributed by atoms with Crippen molar-refractivity contribution in [3.05, 3.63) is 102 Å². The van der Waals surface area contributed by atoms with E-state index in [-0.39, 0.29) is 48.3 Å². The van der Waals surface area contributed by atoms with Gasteiger partial charge < -0.3 is 49.3 Å². The van der Waals surface area contributed by atoms with Crippen LogP contribution in [0.2, 0.25) is 0 Å². The molecule has 0 fully saturated rings. The molecule has 2 amide bonds. The highest BCUT2D eigenvalue weighted by Gasteiger charge is 2.23. The third kappa shape index (κ3) is 11.1. The molecule has 0 spiro atoms. The summed E-state index contributed by atoms with van der Waals surface area (Å²) in [4.78, 5) is 32.6. The summed E-state index contributed by atoms with van der Waals surface area (Å²) in [6.07, 6.45) is 2.64. The van der Waals surface area contributed by atoms with Gasteiger partial charge in [0.2, 0.25) is 10.0 Å². The van der Waals surface area contributed by atoms with Gasteiger partial charge in [0.25, 0.3) is 11.7 Å². The summed E-state index contributed by atoms with van der Waals surface area (Å²) in [5, 5.41) is 22.7. The van der Waals surface area contributed by atoms with Crippen LogP contribution in [0, 0.1) is 0 Å². The number of fused-ring (bicyclic) bond motifs is 1. The largest absolute Gasteiger partial charge is 0.497 e. The Morgan fingerprint density at radius 1 is 0.833 bits per heavy atom. The van der Waals surface area contributed by atoms with Crippen LogP contribution in [0.1, 0.15) is 42.8 Å². The number of rotatable bonds is 17. The van der Waals surface area contributed by atoms with Gasteiger partial charge in [-0.05, 0) is 46.5 Å². The lowest BCUT2D eigenvalue weighted by Gasteiger charge is -2.24. The Morgan fingerprint density at radius 3 is 2.27 bits per heavy atom. The van der Waals surface area contributed by atoms with E-state index < -0.39 is 27.8 Å². The van der Waals surface area contributed by atoms with Crippen molar-refractivity contribution < 1.29 is 51.3 Å². The summed E-state index contributed by atoms with van der Waals surface area (Å²) in [5.74, 6) is 0.922. The van der Waals surface area contributed by atoms with E-state index in [4.69, 9.17) is 33.3 Å². The quantitative estimate of drug-likeness (QED) is 0.0552. The molecule has 0 radical (unpaired) electrons. The number of ether oxygens (including phenoxy) is 5. The number of urea groups is 1. The standard InChI is InChI=1S/C41H43N7O11S/c1-41(2,3)24-17-32(37(55-5)33(18-24)48-60(6,52)53)45-40(51)44-31-11-12-34(30-10-8-7-9-29(30)31)58-26-13-14-42-35(22-26)43-25-19-27(54-4)21-28(20-25)57-16-15-56-23-36-46-38(39(49)50)47-59-36/h7-14,17-22,48H,15-16,23H2,1-6H3,(H,42,43)(H,49,50)(H2,44,45,51). The Labute approximate surface area is 345 Å². The van der Waals surface area contributed by atoms with Crippen molar-refractivity contribution in [2.24, 2.45) is 0 Å². The Kier molecular flexibility index (Phi) is 12.9. The van der Waals surface area contributed by atoms with Gasteiger partial charge in [-0.2, -0.15) is 4.98 Å². The molecule has 314 valence electrons. The van der Waals surface area contributed by atoms with Crippen LogP contribution in [0.5, 0.6) is 28.7 Å². The fraction of sp³-hybridized carbons (Fsp3) is 0.244. The number of nitrogens with zero attached hydrogens (tertiary/aromatic N) is 3. The van der Waals surface area contributed by atoms with Gasteiger partial charge in [-0.1, -0.05) is 45.0 Å². The number of carboxylic acid groups (broad SMARTS) is 1. The molecule has 0 saturated heterocycles. The van der Waals surface area contributed by atoms with Crippen LogP contribution in [0.25, 0.3) is 10.8 Å². The molecule has 2 heterocycles. The van der Waals surface area contributed by atoms with Crippen LogP contribution in [0.3, 0.4) is 0 Å². The maximum Gasteiger partial charge on any atom is 0.377 e. The molecule has 60 heavy (non-hydrogen) atoms. The molecule has 2 aromatic heterocycles. The van der Waals surface area contributed by atoms with Gasteiger partial charge >= 0.3 is 12.0 Å². The first-order valence-electron chi connectivity index (χ1n) is 18.2. The monoisotopic (exact) mass is 841 g/mol. The number of amides is 2. The maximum atomic E-state index is 13.5. The molecule has 18 nitrogen and oxygen atoms in total. The van der Waals surface area contributed by atoms with Crippen molar-refractivity contribution in [2.75, 3.05) is 54.4 Å². The highest BCUT2D eigenvalue weighted by molar-refractivity contribution is 7.92. The van der Waals surface area contributed by atoms with E-state index in [1.54, 1.807) is 60.8 Å². The molecule has 5 N–H and O–H groups in total. The van der Waals surface area contributed by atoms with Crippen molar-refractivity contribution in [2.45, 2.75) is 32.8 Å². The molecular weight excluding hydrogens is 799 g/mol. The molecule has 0 aliphatic rings. The Morgan fingerprint density at radius 2 is 1.57 bits per heavy atom. The van der Waals surface area contributed by atoms with E-state index in [1.807, 2.05) is 45.0 Å². The summed E-state index contributed by atoms with van der Waals surface area (Å²) in [7, 11) is -0.726. The highest BCUT2D eigenvalue weighted by atomic mass is 32.2. The number of nitrogens with one attached hydrogen (secondary N) is 4. The number of hydrogen-bond donors (Lipinski definition) is 5. The minimum absolute atomic E-state index is 0.0326. The van der Waals surface area contributed by atoms with E-state index >= 15 is 0 Å². The molecule has 4 aromatic carbocycles. The van der Waals surface area contributed by atoms with Gasteiger partial charge in [-0.3, -0.25) is 4.72 Å². The van der Waals surface area contributed by atoms with Gasteiger partial charge in [-0.25, -0.2) is 23.0 Å². The lowest BCUT2D eigenvalue weighted by molar-refractivity contribution is 0.0679. The van der Waals surface area contributed by atoms with Gasteiger partial charge in [-0.15, -0.1) is 0 Å². The van der Waals surface area contributed by atoms with Crippen molar-refractivity contribution in [1.82, 2.24) is 15.1 Å². The smallest absolute Gasteiger partial charge is 0.377 e. The number of carboxylic acids is 1. The molecule has 19 heteroatoms. The first kappa shape index (κ1) is 42.5. The first-order chi connectivity index (χ1) is 28.6. The number of pyridine rings is 1. The number of carbonyl (C=O) groups is 2. The van der Waals surface area contributed by atoms with Crippen molar-refractivity contribution >= 4 is 61.4 Å². The number of methoxy groups -OCH3 is 2. The molecule has 0 unspecified atom stereocenters. The second kappa shape index (κ2) is 18.2. The van der Waals surface area contributed by atoms with Gasteiger partial charge in [0.05, 0.1) is 44.1 Å². The second-order valence-corrected chi connectivity index (χ2v) is 15.9. The average molecular weight is 842 g/mol. The summed E-state index contributed by atoms with van der Waals surface area (Å²) < 4.78 is 60.4.